The zero-order chi connectivity index (χ0) is 18.7. The van der Waals surface area contributed by atoms with Crippen LogP contribution in [0.25, 0.3) is 11.0 Å². The number of fused-ring (bicyclic) bond motifs is 1. The second kappa shape index (κ2) is 7.62. The molecule has 0 aliphatic heterocycles. The van der Waals surface area contributed by atoms with Crippen molar-refractivity contribution in [3.63, 3.8) is 0 Å². The average molecular weight is 371 g/mol. The molecule has 3 aromatic rings. The van der Waals surface area contributed by atoms with Crippen molar-refractivity contribution in [2.45, 2.75) is 13.8 Å². The van der Waals surface area contributed by atoms with Gasteiger partial charge in [0.2, 0.25) is 0 Å². The van der Waals surface area contributed by atoms with Crippen molar-refractivity contribution >= 4 is 39.9 Å². The molecule has 26 heavy (non-hydrogen) atoms. The van der Waals surface area contributed by atoms with Gasteiger partial charge in [0.05, 0.1) is 0 Å². The molecule has 3 rings (SSSR count). The van der Waals surface area contributed by atoms with Gasteiger partial charge in [-0.1, -0.05) is 11.6 Å². The fourth-order valence-corrected chi connectivity index (χ4v) is 2.89. The molecule has 0 saturated carbocycles. The van der Waals surface area contributed by atoms with Gasteiger partial charge in [0.15, 0.2) is 0 Å². The number of hydrogen-bond acceptors (Lipinski definition) is 4. The Kier molecular flexibility index (Phi) is 5.28. The highest BCUT2D eigenvalue weighted by atomic mass is 35.5. The van der Waals surface area contributed by atoms with Crippen molar-refractivity contribution in [1.29, 1.82) is 0 Å². The molecule has 0 aliphatic carbocycles. The smallest absolute Gasteiger partial charge is 0.360 e. The molecule has 0 bridgehead atoms. The first kappa shape index (κ1) is 18.0. The number of benzene rings is 2. The number of carbonyl (C=O) groups excluding carboxylic acids is 1. The Morgan fingerprint density at radius 1 is 1.08 bits per heavy atom. The van der Waals surface area contributed by atoms with E-state index in [2.05, 4.69) is 24.1 Å². The summed E-state index contributed by atoms with van der Waals surface area (Å²) in [5.41, 5.74) is 1.41. The number of nitrogens with one attached hydrogen (secondary N) is 1. The predicted octanol–water partition coefficient (Wildman–Crippen LogP) is 4.54. The SMILES string of the molecule is CCN(CC)c1ccc2cc(NC(=O)c3ccc(Cl)cc3)c(=O)oc2c1. The number of rotatable bonds is 5. The molecule has 0 aliphatic rings. The predicted molar refractivity (Wildman–Crippen MR) is 105 cm³/mol. The fourth-order valence-electron chi connectivity index (χ4n) is 2.77. The third-order valence-electron chi connectivity index (χ3n) is 4.20. The fraction of sp³-hybridized carbons (Fsp3) is 0.200. The minimum absolute atomic E-state index is 0.105. The van der Waals surface area contributed by atoms with Crippen molar-refractivity contribution in [2.24, 2.45) is 0 Å². The number of hydrogen-bond donors (Lipinski definition) is 1. The summed E-state index contributed by atoms with van der Waals surface area (Å²) in [6.07, 6.45) is 0. The van der Waals surface area contributed by atoms with Crippen LogP contribution in [0.4, 0.5) is 11.4 Å². The van der Waals surface area contributed by atoms with Crippen LogP contribution in [0.5, 0.6) is 0 Å². The standard InChI is InChI=1S/C20H19ClN2O3/c1-3-23(4-2)16-10-7-14-11-17(20(25)26-18(14)12-16)22-19(24)13-5-8-15(21)9-6-13/h5-12H,3-4H2,1-2H3,(H,22,24). The first-order chi connectivity index (χ1) is 12.5. The second-order valence-electron chi connectivity index (χ2n) is 5.80. The molecule has 0 saturated heterocycles. The molecule has 0 radical (unpaired) electrons. The summed E-state index contributed by atoms with van der Waals surface area (Å²) < 4.78 is 5.41. The molecule has 5 nitrogen and oxygen atoms in total. The van der Waals surface area contributed by atoms with E-state index in [0.29, 0.717) is 16.2 Å². The summed E-state index contributed by atoms with van der Waals surface area (Å²) in [5.74, 6) is -0.395. The molecule has 0 fully saturated rings. The molecule has 0 atom stereocenters. The van der Waals surface area contributed by atoms with E-state index in [4.69, 9.17) is 16.0 Å². The van der Waals surface area contributed by atoms with E-state index < -0.39 is 11.5 Å². The molecule has 0 unspecified atom stereocenters. The maximum Gasteiger partial charge on any atom is 0.360 e. The van der Waals surface area contributed by atoms with Crippen LogP contribution in [-0.4, -0.2) is 19.0 Å². The van der Waals surface area contributed by atoms with E-state index in [9.17, 15) is 9.59 Å². The van der Waals surface area contributed by atoms with Crippen LogP contribution >= 0.6 is 11.6 Å². The highest BCUT2D eigenvalue weighted by molar-refractivity contribution is 6.30. The van der Waals surface area contributed by atoms with Crippen molar-refractivity contribution in [2.75, 3.05) is 23.3 Å². The van der Waals surface area contributed by atoms with Gasteiger partial charge in [0.1, 0.15) is 11.3 Å². The number of nitrogens with zero attached hydrogens (tertiary/aromatic N) is 1. The zero-order valence-electron chi connectivity index (χ0n) is 14.6. The molecule has 2 aromatic carbocycles. The molecular formula is C20H19ClN2O3. The van der Waals surface area contributed by atoms with Crippen molar-refractivity contribution < 1.29 is 9.21 Å². The normalized spacial score (nSPS) is 10.7. The van der Waals surface area contributed by atoms with Crippen LogP contribution in [0.1, 0.15) is 24.2 Å². The van der Waals surface area contributed by atoms with Crippen LogP contribution in [0.2, 0.25) is 5.02 Å². The van der Waals surface area contributed by atoms with Gasteiger partial charge in [-0.05, 0) is 56.3 Å². The van der Waals surface area contributed by atoms with Gasteiger partial charge in [-0.3, -0.25) is 4.79 Å². The van der Waals surface area contributed by atoms with Crippen molar-refractivity contribution in [3.05, 3.63) is 69.5 Å². The van der Waals surface area contributed by atoms with Crippen molar-refractivity contribution in [1.82, 2.24) is 0 Å². The Hall–Kier alpha value is -2.79. The third kappa shape index (κ3) is 3.73. The number of carbonyl (C=O) groups is 1. The Morgan fingerprint density at radius 3 is 2.42 bits per heavy atom. The summed E-state index contributed by atoms with van der Waals surface area (Å²) in [7, 11) is 0. The minimum Gasteiger partial charge on any atom is -0.421 e. The van der Waals surface area contributed by atoms with Crippen LogP contribution in [0.3, 0.4) is 0 Å². The Balaban J connectivity index is 1.91. The Morgan fingerprint density at radius 2 is 1.77 bits per heavy atom. The maximum atomic E-state index is 12.3. The van der Waals surface area contributed by atoms with E-state index in [0.717, 1.165) is 24.2 Å². The second-order valence-corrected chi connectivity index (χ2v) is 6.24. The van der Waals surface area contributed by atoms with Crippen LogP contribution in [0.15, 0.2) is 57.7 Å². The molecular weight excluding hydrogens is 352 g/mol. The monoisotopic (exact) mass is 370 g/mol. The highest BCUT2D eigenvalue weighted by Gasteiger charge is 2.12. The van der Waals surface area contributed by atoms with E-state index in [1.807, 2.05) is 18.2 Å². The largest absolute Gasteiger partial charge is 0.421 e. The summed E-state index contributed by atoms with van der Waals surface area (Å²) in [6.45, 7) is 5.86. The van der Waals surface area contributed by atoms with Gasteiger partial charge in [-0.2, -0.15) is 0 Å². The molecule has 1 aromatic heterocycles. The summed E-state index contributed by atoms with van der Waals surface area (Å²) in [5, 5.41) is 3.88. The number of anilines is 2. The Bertz CT molecular complexity index is 992. The quantitative estimate of drug-likeness (QED) is 0.669. The summed E-state index contributed by atoms with van der Waals surface area (Å²) in [6, 6.07) is 13.7. The molecule has 1 N–H and O–H groups in total. The highest BCUT2D eigenvalue weighted by Crippen LogP contribution is 2.23. The lowest BCUT2D eigenvalue weighted by Crippen LogP contribution is -2.21. The first-order valence-corrected chi connectivity index (χ1v) is 8.79. The van der Waals surface area contributed by atoms with Gasteiger partial charge < -0.3 is 14.6 Å². The van der Waals surface area contributed by atoms with Gasteiger partial charge in [-0.25, -0.2) is 4.79 Å². The van der Waals surface area contributed by atoms with E-state index >= 15 is 0 Å². The van der Waals surface area contributed by atoms with Crippen LogP contribution in [0, 0.1) is 0 Å². The number of amides is 1. The lowest BCUT2D eigenvalue weighted by molar-refractivity contribution is 0.102. The Labute approximate surface area is 156 Å². The first-order valence-electron chi connectivity index (χ1n) is 8.41. The van der Waals surface area contributed by atoms with Gasteiger partial charge >= 0.3 is 5.63 Å². The molecule has 1 heterocycles. The molecule has 134 valence electrons. The summed E-state index contributed by atoms with van der Waals surface area (Å²) in [4.78, 5) is 26.7. The van der Waals surface area contributed by atoms with Crippen molar-refractivity contribution in [3.8, 4) is 0 Å². The molecule has 1 amide bonds. The average Bonchev–Trinajstić information content (AvgIpc) is 2.64. The van der Waals surface area contributed by atoms with Gasteiger partial charge in [0.25, 0.3) is 5.91 Å². The van der Waals surface area contributed by atoms with Crippen LogP contribution in [-0.2, 0) is 0 Å². The van der Waals surface area contributed by atoms with Crippen LogP contribution < -0.4 is 15.8 Å². The van der Waals surface area contributed by atoms with E-state index in [1.54, 1.807) is 30.3 Å². The summed E-state index contributed by atoms with van der Waals surface area (Å²) >= 11 is 5.82. The zero-order valence-corrected chi connectivity index (χ0v) is 15.3. The van der Waals surface area contributed by atoms with Gasteiger partial charge in [0, 0.05) is 40.8 Å². The minimum atomic E-state index is -0.587. The van der Waals surface area contributed by atoms with Gasteiger partial charge in [-0.15, -0.1) is 0 Å². The number of halogens is 1. The lowest BCUT2D eigenvalue weighted by Gasteiger charge is -2.21. The third-order valence-corrected chi connectivity index (χ3v) is 4.45. The van der Waals surface area contributed by atoms with E-state index in [1.165, 1.54) is 0 Å². The maximum absolute atomic E-state index is 12.3. The molecule has 0 spiro atoms. The lowest BCUT2D eigenvalue weighted by atomic mass is 10.2. The molecule has 6 heteroatoms. The topological polar surface area (TPSA) is 62.6 Å². The van der Waals surface area contributed by atoms with E-state index in [-0.39, 0.29) is 5.69 Å².